The Labute approximate surface area is 169 Å². The molecule has 3 aromatic heterocycles. The Kier molecular flexibility index (Phi) is 5.80. The Balaban J connectivity index is 1.33. The molecule has 0 aliphatic carbocycles. The van der Waals surface area contributed by atoms with Gasteiger partial charge in [-0.2, -0.15) is 10.1 Å². The number of fused-ring (bicyclic) bond motifs is 1. The monoisotopic (exact) mass is 394 g/mol. The number of nitrogens with zero attached hydrogens (tertiary/aromatic N) is 6. The molecule has 1 unspecified atom stereocenters. The molecular formula is C21H26N6O2. The van der Waals surface area contributed by atoms with Crippen LogP contribution in [0, 0.1) is 13.8 Å². The first-order valence-electron chi connectivity index (χ1n) is 10.1. The van der Waals surface area contributed by atoms with Crippen molar-refractivity contribution in [3.8, 4) is 0 Å². The van der Waals surface area contributed by atoms with Crippen LogP contribution in [0.25, 0.3) is 5.78 Å². The summed E-state index contributed by atoms with van der Waals surface area (Å²) in [6, 6.07) is 5.80. The van der Waals surface area contributed by atoms with Gasteiger partial charge in [0.05, 0.1) is 18.4 Å². The van der Waals surface area contributed by atoms with E-state index in [1.54, 1.807) is 10.7 Å². The summed E-state index contributed by atoms with van der Waals surface area (Å²) >= 11 is 0. The number of carbonyl (C=O) groups excluding carboxylic acids is 1. The molecule has 3 aromatic rings. The lowest BCUT2D eigenvalue weighted by Gasteiger charge is -2.32. The summed E-state index contributed by atoms with van der Waals surface area (Å²) in [6.45, 7) is 5.88. The molecule has 8 nitrogen and oxygen atoms in total. The molecule has 4 heterocycles. The van der Waals surface area contributed by atoms with Gasteiger partial charge in [0.25, 0.3) is 5.78 Å². The molecule has 8 heteroatoms. The highest BCUT2D eigenvalue weighted by atomic mass is 16.5. The third-order valence-corrected chi connectivity index (χ3v) is 5.50. The van der Waals surface area contributed by atoms with Crippen LogP contribution < -0.4 is 0 Å². The molecule has 0 spiro atoms. The second-order valence-electron chi connectivity index (χ2n) is 7.47. The quantitative estimate of drug-likeness (QED) is 0.638. The van der Waals surface area contributed by atoms with E-state index in [1.807, 2.05) is 36.9 Å². The van der Waals surface area contributed by atoms with Crippen molar-refractivity contribution in [2.75, 3.05) is 13.1 Å². The second kappa shape index (κ2) is 8.65. The first-order valence-corrected chi connectivity index (χ1v) is 10.1. The standard InChI is InChI=1S/C21H26N6O2/c1-15-19(16(2)27-21(25-15)23-14-24-27)8-9-20(28)26-11-5-7-18(12-26)29-13-17-6-3-4-10-22-17/h3-4,6,10,14,18H,5,7-9,11-13H2,1-2H3. The van der Waals surface area contributed by atoms with Gasteiger partial charge >= 0.3 is 0 Å². The lowest BCUT2D eigenvalue weighted by atomic mass is 10.0. The van der Waals surface area contributed by atoms with Gasteiger partial charge in [-0.3, -0.25) is 9.78 Å². The van der Waals surface area contributed by atoms with Crippen LogP contribution >= 0.6 is 0 Å². The minimum atomic E-state index is 0.0614. The molecule has 1 amide bonds. The van der Waals surface area contributed by atoms with Crippen molar-refractivity contribution < 1.29 is 9.53 Å². The van der Waals surface area contributed by atoms with Crippen molar-refractivity contribution in [2.24, 2.45) is 0 Å². The molecule has 0 aromatic carbocycles. The van der Waals surface area contributed by atoms with E-state index in [1.165, 1.54) is 6.33 Å². The number of rotatable bonds is 6. The molecule has 1 aliphatic rings. The summed E-state index contributed by atoms with van der Waals surface area (Å²) in [6.07, 6.45) is 6.37. The molecular weight excluding hydrogens is 368 g/mol. The minimum absolute atomic E-state index is 0.0614. The van der Waals surface area contributed by atoms with Crippen molar-refractivity contribution >= 4 is 11.7 Å². The number of carbonyl (C=O) groups is 1. The first kappa shape index (κ1) is 19.4. The maximum Gasteiger partial charge on any atom is 0.252 e. The molecule has 152 valence electrons. The van der Waals surface area contributed by atoms with Gasteiger partial charge in [-0.25, -0.2) is 9.50 Å². The third kappa shape index (κ3) is 4.42. The van der Waals surface area contributed by atoms with Crippen LogP contribution in [0.15, 0.2) is 30.7 Å². The number of ether oxygens (including phenoxy) is 1. The first-order chi connectivity index (χ1) is 14.1. The molecule has 29 heavy (non-hydrogen) atoms. The SMILES string of the molecule is Cc1nc2ncnn2c(C)c1CCC(=O)N1CCCC(OCc2ccccn2)C1. The van der Waals surface area contributed by atoms with Gasteiger partial charge in [-0.1, -0.05) is 6.07 Å². The normalized spacial score (nSPS) is 17.0. The smallest absolute Gasteiger partial charge is 0.252 e. The molecule has 1 fully saturated rings. The van der Waals surface area contributed by atoms with Crippen LogP contribution in [0.5, 0.6) is 0 Å². The Morgan fingerprint density at radius 3 is 3.00 bits per heavy atom. The summed E-state index contributed by atoms with van der Waals surface area (Å²) in [5.41, 5.74) is 3.88. The summed E-state index contributed by atoms with van der Waals surface area (Å²) in [4.78, 5) is 27.7. The fourth-order valence-electron chi connectivity index (χ4n) is 3.89. The summed E-state index contributed by atoms with van der Waals surface area (Å²) in [7, 11) is 0. The van der Waals surface area contributed by atoms with Gasteiger partial charge in [-0.15, -0.1) is 0 Å². The van der Waals surface area contributed by atoms with Gasteiger partial charge in [0.1, 0.15) is 6.33 Å². The van der Waals surface area contributed by atoms with Crippen LogP contribution in [0.4, 0.5) is 0 Å². The average Bonchev–Trinajstić information content (AvgIpc) is 3.21. The number of hydrogen-bond donors (Lipinski definition) is 0. The van der Waals surface area contributed by atoms with Crippen molar-refractivity contribution in [3.05, 3.63) is 53.4 Å². The molecule has 0 N–H and O–H groups in total. The van der Waals surface area contributed by atoms with Gasteiger partial charge in [0.2, 0.25) is 5.91 Å². The van der Waals surface area contributed by atoms with Gasteiger partial charge in [0.15, 0.2) is 0 Å². The fraction of sp³-hybridized carbons (Fsp3) is 0.476. The number of pyridine rings is 1. The average molecular weight is 394 g/mol. The molecule has 1 saturated heterocycles. The highest BCUT2D eigenvalue weighted by molar-refractivity contribution is 5.76. The second-order valence-corrected chi connectivity index (χ2v) is 7.47. The number of hydrogen-bond acceptors (Lipinski definition) is 6. The third-order valence-electron chi connectivity index (χ3n) is 5.50. The largest absolute Gasteiger partial charge is 0.370 e. The van der Waals surface area contributed by atoms with Crippen molar-refractivity contribution in [3.63, 3.8) is 0 Å². The fourth-order valence-corrected chi connectivity index (χ4v) is 3.89. The van der Waals surface area contributed by atoms with Gasteiger partial charge < -0.3 is 9.64 Å². The van der Waals surface area contributed by atoms with E-state index in [0.717, 1.165) is 42.0 Å². The maximum atomic E-state index is 12.8. The van der Waals surface area contributed by atoms with Crippen molar-refractivity contribution in [2.45, 2.75) is 52.2 Å². The molecule has 4 rings (SSSR count). The Bertz CT molecular complexity index is 988. The maximum absolute atomic E-state index is 12.8. The van der Waals surface area contributed by atoms with Crippen LogP contribution in [-0.4, -0.2) is 54.6 Å². The van der Waals surface area contributed by atoms with Crippen LogP contribution in [-0.2, 0) is 22.6 Å². The zero-order chi connectivity index (χ0) is 20.2. The van der Waals surface area contributed by atoms with E-state index in [4.69, 9.17) is 4.74 Å². The minimum Gasteiger partial charge on any atom is -0.370 e. The zero-order valence-electron chi connectivity index (χ0n) is 16.9. The number of aryl methyl sites for hydroxylation is 2. The topological polar surface area (TPSA) is 85.5 Å². The molecule has 0 bridgehead atoms. The molecule has 0 saturated carbocycles. The van der Waals surface area contributed by atoms with Gasteiger partial charge in [-0.05, 0) is 50.8 Å². The predicted octanol–water partition coefficient (Wildman–Crippen LogP) is 2.28. The lowest BCUT2D eigenvalue weighted by molar-refractivity contribution is -0.135. The Morgan fingerprint density at radius 2 is 2.17 bits per heavy atom. The molecule has 0 radical (unpaired) electrons. The zero-order valence-corrected chi connectivity index (χ0v) is 16.9. The summed E-state index contributed by atoms with van der Waals surface area (Å²) in [5.74, 6) is 0.757. The number of amides is 1. The van der Waals surface area contributed by atoms with E-state index < -0.39 is 0 Å². The number of piperidine rings is 1. The Hall–Kier alpha value is -2.87. The van der Waals surface area contributed by atoms with Crippen LogP contribution in [0.1, 0.15) is 41.9 Å². The van der Waals surface area contributed by atoms with E-state index in [9.17, 15) is 4.79 Å². The van der Waals surface area contributed by atoms with Crippen LogP contribution in [0.2, 0.25) is 0 Å². The number of aromatic nitrogens is 5. The van der Waals surface area contributed by atoms with Crippen molar-refractivity contribution in [1.82, 2.24) is 29.5 Å². The van der Waals surface area contributed by atoms with E-state index in [0.29, 0.717) is 31.8 Å². The lowest BCUT2D eigenvalue weighted by Crippen LogP contribution is -2.43. The predicted molar refractivity (Wildman–Crippen MR) is 107 cm³/mol. The molecule has 1 atom stereocenters. The van der Waals surface area contributed by atoms with Crippen molar-refractivity contribution in [1.29, 1.82) is 0 Å². The van der Waals surface area contributed by atoms with Gasteiger partial charge in [0, 0.05) is 37.1 Å². The Morgan fingerprint density at radius 1 is 1.28 bits per heavy atom. The van der Waals surface area contributed by atoms with E-state index >= 15 is 0 Å². The summed E-state index contributed by atoms with van der Waals surface area (Å²) in [5, 5.41) is 4.22. The highest BCUT2D eigenvalue weighted by Crippen LogP contribution is 2.18. The van der Waals surface area contributed by atoms with E-state index in [-0.39, 0.29) is 12.0 Å². The molecule has 1 aliphatic heterocycles. The number of likely N-dealkylation sites (tertiary alicyclic amines) is 1. The summed E-state index contributed by atoms with van der Waals surface area (Å²) < 4.78 is 7.74. The van der Waals surface area contributed by atoms with Crippen LogP contribution in [0.3, 0.4) is 0 Å². The highest BCUT2D eigenvalue weighted by Gasteiger charge is 2.24. The van der Waals surface area contributed by atoms with E-state index in [2.05, 4.69) is 20.1 Å².